The van der Waals surface area contributed by atoms with Gasteiger partial charge in [0.1, 0.15) is 0 Å². The van der Waals surface area contributed by atoms with E-state index < -0.39 is 0 Å². The molecule has 0 amide bonds. The summed E-state index contributed by atoms with van der Waals surface area (Å²) in [7, 11) is 0. The zero-order valence-electron chi connectivity index (χ0n) is 10.5. The lowest BCUT2D eigenvalue weighted by Crippen LogP contribution is -2.08. The molecule has 0 radical (unpaired) electrons. The van der Waals surface area contributed by atoms with Gasteiger partial charge in [0, 0.05) is 0 Å². The predicted octanol–water partition coefficient (Wildman–Crippen LogP) is 3.84. The lowest BCUT2D eigenvalue weighted by atomic mass is 10.1. The van der Waals surface area contributed by atoms with E-state index in [1.165, 1.54) is 5.57 Å². The average molecular weight is 210 g/mol. The first-order valence-corrected chi connectivity index (χ1v) is 5.43. The van der Waals surface area contributed by atoms with Crippen LogP contribution in [0.3, 0.4) is 0 Å². The molecule has 0 aliphatic heterocycles. The minimum atomic E-state index is -0.170. The average Bonchev–Trinajstić information content (AvgIpc) is 2.13. The highest BCUT2D eigenvalue weighted by Crippen LogP contribution is 2.07. The first-order chi connectivity index (χ1) is 6.93. The molecule has 0 rings (SSSR count). The summed E-state index contributed by atoms with van der Waals surface area (Å²) in [4.78, 5) is 11.2. The lowest BCUT2D eigenvalue weighted by molar-refractivity contribution is -0.141. The van der Waals surface area contributed by atoms with Crippen LogP contribution in [0.1, 0.15) is 47.5 Å². The summed E-state index contributed by atoms with van der Waals surface area (Å²) in [6.07, 6.45) is 5.70. The number of hydrogen-bond acceptors (Lipinski definition) is 2. The van der Waals surface area contributed by atoms with Crippen molar-refractivity contribution in [2.75, 3.05) is 0 Å². The second-order valence-electron chi connectivity index (χ2n) is 4.38. The number of ether oxygens (including phenoxy) is 1. The van der Waals surface area contributed by atoms with Gasteiger partial charge in [0.25, 0.3) is 0 Å². The Kier molecular flexibility index (Phi) is 6.76. The number of carbonyl (C=O) groups excluding carboxylic acids is 1. The summed E-state index contributed by atoms with van der Waals surface area (Å²) >= 11 is 0. The lowest BCUT2D eigenvalue weighted by Gasteiger charge is -2.03. The molecule has 0 fully saturated rings. The highest BCUT2D eigenvalue weighted by Gasteiger charge is 2.06. The van der Waals surface area contributed by atoms with Crippen LogP contribution in [0.5, 0.6) is 0 Å². The normalized spacial score (nSPS) is 11.5. The van der Waals surface area contributed by atoms with E-state index in [1.807, 2.05) is 20.8 Å². The Morgan fingerprint density at radius 2 is 1.87 bits per heavy atom. The van der Waals surface area contributed by atoms with E-state index in [-0.39, 0.29) is 11.9 Å². The zero-order valence-corrected chi connectivity index (χ0v) is 10.5. The van der Waals surface area contributed by atoms with Crippen LogP contribution in [-0.4, -0.2) is 5.97 Å². The number of esters is 1. The minimum absolute atomic E-state index is 0.0631. The standard InChI is InChI=1S/C13H22O2/c1-10(2)7-6-8-12(5)9-15-13(14)11(3)4/h7,9,11H,6,8H2,1-5H3. The SMILES string of the molecule is CC(C)=CCCC(C)=COC(=O)C(C)C. The molecule has 0 N–H and O–H groups in total. The van der Waals surface area contributed by atoms with Gasteiger partial charge in [-0.25, -0.2) is 0 Å². The fraction of sp³-hybridized carbons (Fsp3) is 0.615. The van der Waals surface area contributed by atoms with Crippen LogP contribution in [0.4, 0.5) is 0 Å². The van der Waals surface area contributed by atoms with Gasteiger partial charge >= 0.3 is 5.97 Å². The zero-order chi connectivity index (χ0) is 11.8. The molecule has 0 saturated carbocycles. The predicted molar refractivity (Wildman–Crippen MR) is 63.4 cm³/mol. The molecule has 0 atom stereocenters. The number of rotatable bonds is 5. The van der Waals surface area contributed by atoms with Crippen molar-refractivity contribution in [1.82, 2.24) is 0 Å². The van der Waals surface area contributed by atoms with Crippen LogP contribution in [0.2, 0.25) is 0 Å². The molecule has 0 aromatic heterocycles. The second kappa shape index (κ2) is 7.27. The van der Waals surface area contributed by atoms with Gasteiger partial charge in [0.15, 0.2) is 0 Å². The molecular weight excluding hydrogens is 188 g/mol. The van der Waals surface area contributed by atoms with Crippen LogP contribution >= 0.6 is 0 Å². The summed E-state index contributed by atoms with van der Waals surface area (Å²) in [5, 5.41) is 0. The molecule has 0 spiro atoms. The van der Waals surface area contributed by atoms with Crippen LogP contribution in [-0.2, 0) is 9.53 Å². The van der Waals surface area contributed by atoms with Gasteiger partial charge in [-0.3, -0.25) is 4.79 Å². The topological polar surface area (TPSA) is 26.3 Å². The molecule has 86 valence electrons. The van der Waals surface area contributed by atoms with Gasteiger partial charge in [-0.05, 0) is 39.2 Å². The van der Waals surface area contributed by atoms with E-state index in [4.69, 9.17) is 4.74 Å². The van der Waals surface area contributed by atoms with E-state index >= 15 is 0 Å². The van der Waals surface area contributed by atoms with Crippen molar-refractivity contribution >= 4 is 5.97 Å². The van der Waals surface area contributed by atoms with Crippen LogP contribution < -0.4 is 0 Å². The van der Waals surface area contributed by atoms with Crippen LogP contribution in [0.25, 0.3) is 0 Å². The van der Waals surface area contributed by atoms with E-state index in [2.05, 4.69) is 19.9 Å². The summed E-state index contributed by atoms with van der Waals surface area (Å²) < 4.78 is 5.00. The Bertz CT molecular complexity index is 256. The van der Waals surface area contributed by atoms with Gasteiger partial charge in [-0.2, -0.15) is 0 Å². The highest BCUT2D eigenvalue weighted by molar-refractivity contribution is 5.72. The molecule has 0 aromatic rings. The molecule has 2 heteroatoms. The maximum atomic E-state index is 11.2. The van der Waals surface area contributed by atoms with E-state index in [9.17, 15) is 4.79 Å². The maximum absolute atomic E-state index is 11.2. The van der Waals surface area contributed by atoms with Crippen molar-refractivity contribution in [3.8, 4) is 0 Å². The molecule has 15 heavy (non-hydrogen) atoms. The Morgan fingerprint density at radius 3 is 2.33 bits per heavy atom. The molecule has 0 aromatic carbocycles. The van der Waals surface area contributed by atoms with Crippen molar-refractivity contribution < 1.29 is 9.53 Å². The number of allylic oxidation sites excluding steroid dienone is 3. The third-order valence-corrected chi connectivity index (χ3v) is 1.94. The molecule has 0 heterocycles. The Balaban J connectivity index is 3.89. The number of hydrogen-bond donors (Lipinski definition) is 0. The van der Waals surface area contributed by atoms with Gasteiger partial charge < -0.3 is 4.74 Å². The Hall–Kier alpha value is -1.05. The molecule has 0 aliphatic carbocycles. The first-order valence-electron chi connectivity index (χ1n) is 5.43. The number of carbonyl (C=O) groups is 1. The van der Waals surface area contributed by atoms with Crippen LogP contribution in [0.15, 0.2) is 23.5 Å². The van der Waals surface area contributed by atoms with Gasteiger partial charge in [0.05, 0.1) is 12.2 Å². The smallest absolute Gasteiger partial charge is 0.313 e. The van der Waals surface area contributed by atoms with Gasteiger partial charge in [-0.1, -0.05) is 25.5 Å². The van der Waals surface area contributed by atoms with Crippen molar-refractivity contribution in [3.05, 3.63) is 23.5 Å². The molecule has 0 unspecified atom stereocenters. The highest BCUT2D eigenvalue weighted by atomic mass is 16.5. The van der Waals surface area contributed by atoms with E-state index in [0.29, 0.717) is 0 Å². The van der Waals surface area contributed by atoms with Gasteiger partial charge in [-0.15, -0.1) is 0 Å². The molecule has 0 aliphatic rings. The summed E-state index contributed by atoms with van der Waals surface area (Å²) in [6.45, 7) is 9.80. The Labute approximate surface area is 93.0 Å². The quantitative estimate of drug-likeness (QED) is 0.391. The largest absolute Gasteiger partial charge is 0.434 e. The van der Waals surface area contributed by atoms with Crippen LogP contribution in [0, 0.1) is 5.92 Å². The fourth-order valence-corrected chi connectivity index (χ4v) is 0.942. The maximum Gasteiger partial charge on any atom is 0.313 e. The second-order valence-corrected chi connectivity index (χ2v) is 4.38. The van der Waals surface area contributed by atoms with E-state index in [0.717, 1.165) is 18.4 Å². The molecule has 0 bridgehead atoms. The van der Waals surface area contributed by atoms with Gasteiger partial charge in [0.2, 0.25) is 0 Å². The van der Waals surface area contributed by atoms with E-state index in [1.54, 1.807) is 6.26 Å². The monoisotopic (exact) mass is 210 g/mol. The van der Waals surface area contributed by atoms with Crippen molar-refractivity contribution in [2.24, 2.45) is 5.92 Å². The molecule has 0 saturated heterocycles. The minimum Gasteiger partial charge on any atom is -0.434 e. The van der Waals surface area contributed by atoms with Crippen molar-refractivity contribution in [2.45, 2.75) is 47.5 Å². The molecular formula is C13H22O2. The summed E-state index contributed by atoms with van der Waals surface area (Å²) in [5.41, 5.74) is 2.42. The fourth-order valence-electron chi connectivity index (χ4n) is 0.942. The van der Waals surface area contributed by atoms with Crippen molar-refractivity contribution in [1.29, 1.82) is 0 Å². The molecule has 2 nitrogen and oxygen atoms in total. The summed E-state index contributed by atoms with van der Waals surface area (Å²) in [6, 6.07) is 0. The third kappa shape index (κ3) is 7.98. The summed E-state index contributed by atoms with van der Waals surface area (Å²) in [5.74, 6) is -0.233. The third-order valence-electron chi connectivity index (χ3n) is 1.94. The Morgan fingerprint density at radius 1 is 1.27 bits per heavy atom. The first kappa shape index (κ1) is 13.9. The van der Waals surface area contributed by atoms with Crippen molar-refractivity contribution in [3.63, 3.8) is 0 Å².